The third kappa shape index (κ3) is 4.35. The van der Waals surface area contributed by atoms with Gasteiger partial charge in [-0.25, -0.2) is 13.2 Å². The van der Waals surface area contributed by atoms with E-state index in [0.29, 0.717) is 6.54 Å². The van der Waals surface area contributed by atoms with Gasteiger partial charge >= 0.3 is 6.09 Å². The number of rotatable bonds is 3. The Morgan fingerprint density at radius 1 is 1.42 bits per heavy atom. The molecule has 6 nitrogen and oxygen atoms in total. The average Bonchev–Trinajstić information content (AvgIpc) is 2.18. The first-order chi connectivity index (χ1) is 8.34. The van der Waals surface area contributed by atoms with E-state index >= 15 is 0 Å². The summed E-state index contributed by atoms with van der Waals surface area (Å²) in [5, 5.41) is 0. The predicted octanol–water partition coefficient (Wildman–Crippen LogP) is 1.40. The van der Waals surface area contributed by atoms with Gasteiger partial charge in [-0.3, -0.25) is 4.90 Å². The molecule has 1 rings (SSSR count). The number of nitrogens with zero attached hydrogens (tertiary/aromatic N) is 1. The zero-order valence-electron chi connectivity index (χ0n) is 12.4. The van der Waals surface area contributed by atoms with Crippen molar-refractivity contribution in [2.24, 2.45) is 0 Å². The maximum Gasteiger partial charge on any atom is 0.410 e. The van der Waals surface area contributed by atoms with Crippen LogP contribution in [0.3, 0.4) is 0 Å². The molecular formula is C12H23NO5S. The summed E-state index contributed by atoms with van der Waals surface area (Å²) in [7, 11) is -3.18. The van der Waals surface area contributed by atoms with E-state index < -0.39 is 27.1 Å². The first-order valence-corrected chi connectivity index (χ1v) is 8.21. The van der Waals surface area contributed by atoms with Gasteiger partial charge in [0.2, 0.25) is 0 Å². The Morgan fingerprint density at radius 2 is 1.95 bits per heavy atom. The smallest absolute Gasteiger partial charge is 0.410 e. The number of hydrogen-bond acceptors (Lipinski definition) is 5. The van der Waals surface area contributed by atoms with Gasteiger partial charge in [0, 0.05) is 6.26 Å². The summed E-state index contributed by atoms with van der Waals surface area (Å²) in [4.78, 5) is 13.4. The minimum absolute atomic E-state index is 0.218. The number of hydrogen-bond donors (Lipinski definition) is 0. The zero-order valence-corrected chi connectivity index (χ0v) is 13.2. The minimum Gasteiger partial charge on any atom is -0.444 e. The molecule has 0 aromatic heterocycles. The average molecular weight is 293 g/mol. The lowest BCUT2D eigenvalue weighted by atomic mass is 9.87. The summed E-state index contributed by atoms with van der Waals surface area (Å²) in [6, 6.07) is -0.218. The van der Waals surface area contributed by atoms with Crippen LogP contribution in [0.25, 0.3) is 0 Å². The number of likely N-dealkylation sites (tertiary alicyclic amines) is 1. The molecule has 1 aliphatic heterocycles. The van der Waals surface area contributed by atoms with Crippen LogP contribution < -0.4 is 0 Å². The van der Waals surface area contributed by atoms with Crippen molar-refractivity contribution >= 4 is 15.9 Å². The quantitative estimate of drug-likeness (QED) is 0.786. The molecule has 0 aromatic rings. The molecule has 0 radical (unpaired) electrons. The SMILES string of the molecule is CC1N(C(=O)OC(C)(C)C)CC1(C)OCS(C)(=O)=O. The Kier molecular flexibility index (Phi) is 4.22. The molecule has 7 heteroatoms. The molecule has 0 saturated carbocycles. The molecule has 19 heavy (non-hydrogen) atoms. The minimum atomic E-state index is -3.18. The van der Waals surface area contributed by atoms with Crippen LogP contribution in [-0.4, -0.2) is 55.4 Å². The first kappa shape index (κ1) is 16.2. The van der Waals surface area contributed by atoms with Gasteiger partial charge in [0.15, 0.2) is 9.84 Å². The van der Waals surface area contributed by atoms with Gasteiger partial charge in [-0.2, -0.15) is 0 Å². The molecule has 0 aromatic carbocycles. The van der Waals surface area contributed by atoms with Gasteiger partial charge < -0.3 is 9.47 Å². The number of carbonyl (C=O) groups is 1. The second-order valence-electron chi connectivity index (χ2n) is 6.28. The molecule has 0 spiro atoms. The third-order valence-corrected chi connectivity index (χ3v) is 3.61. The molecule has 1 amide bonds. The van der Waals surface area contributed by atoms with E-state index in [0.717, 1.165) is 6.26 Å². The molecular weight excluding hydrogens is 270 g/mol. The van der Waals surface area contributed by atoms with Crippen molar-refractivity contribution in [2.75, 3.05) is 18.7 Å². The molecule has 1 heterocycles. The summed E-state index contributed by atoms with van der Waals surface area (Å²) in [6.07, 6.45) is 0.714. The zero-order chi connectivity index (χ0) is 15.1. The number of amides is 1. The van der Waals surface area contributed by atoms with Gasteiger partial charge in [-0.05, 0) is 34.6 Å². The van der Waals surface area contributed by atoms with Crippen LogP contribution in [0.5, 0.6) is 0 Å². The first-order valence-electron chi connectivity index (χ1n) is 6.15. The maximum atomic E-state index is 11.9. The Hall–Kier alpha value is -0.820. The maximum absolute atomic E-state index is 11.9. The predicted molar refractivity (Wildman–Crippen MR) is 71.6 cm³/mol. The molecule has 1 aliphatic rings. The van der Waals surface area contributed by atoms with Crippen LogP contribution in [0.4, 0.5) is 4.79 Å². The summed E-state index contributed by atoms with van der Waals surface area (Å²) in [6.45, 7) is 9.34. The Morgan fingerprint density at radius 3 is 2.32 bits per heavy atom. The van der Waals surface area contributed by atoms with E-state index in [2.05, 4.69) is 0 Å². The van der Waals surface area contributed by atoms with Gasteiger partial charge in [-0.1, -0.05) is 0 Å². The molecule has 1 saturated heterocycles. The van der Waals surface area contributed by atoms with Crippen molar-refractivity contribution in [3.05, 3.63) is 0 Å². The lowest BCUT2D eigenvalue weighted by molar-refractivity contribution is -0.153. The van der Waals surface area contributed by atoms with Crippen LogP contribution in [0.1, 0.15) is 34.6 Å². The fraction of sp³-hybridized carbons (Fsp3) is 0.917. The van der Waals surface area contributed by atoms with E-state index in [1.54, 1.807) is 27.7 Å². The van der Waals surface area contributed by atoms with E-state index in [9.17, 15) is 13.2 Å². The lowest BCUT2D eigenvalue weighted by Gasteiger charge is -2.53. The second-order valence-corrected chi connectivity index (χ2v) is 8.37. The van der Waals surface area contributed by atoms with Crippen LogP contribution in [0.15, 0.2) is 0 Å². The van der Waals surface area contributed by atoms with Gasteiger partial charge in [-0.15, -0.1) is 0 Å². The van der Waals surface area contributed by atoms with E-state index in [-0.39, 0.29) is 12.0 Å². The summed E-state index contributed by atoms with van der Waals surface area (Å²) in [5.74, 6) is -0.337. The Balaban J connectivity index is 2.57. The standard InChI is InChI=1S/C12H23NO5S/c1-9-12(5,17-8-19(6,15)16)7-13(9)10(14)18-11(2,3)4/h9H,7-8H2,1-6H3. The highest BCUT2D eigenvalue weighted by atomic mass is 32.2. The summed E-state index contributed by atoms with van der Waals surface area (Å²) < 4.78 is 32.9. The fourth-order valence-electron chi connectivity index (χ4n) is 1.78. The van der Waals surface area contributed by atoms with Gasteiger partial charge in [0.25, 0.3) is 0 Å². The van der Waals surface area contributed by atoms with E-state index in [1.807, 2.05) is 6.92 Å². The normalized spacial score (nSPS) is 27.9. The molecule has 0 bridgehead atoms. The molecule has 0 aliphatic carbocycles. The lowest BCUT2D eigenvalue weighted by Crippen LogP contribution is -2.70. The highest BCUT2D eigenvalue weighted by molar-refractivity contribution is 7.90. The summed E-state index contributed by atoms with van der Waals surface area (Å²) >= 11 is 0. The van der Waals surface area contributed by atoms with Crippen LogP contribution in [-0.2, 0) is 19.3 Å². The van der Waals surface area contributed by atoms with Crippen molar-refractivity contribution < 1.29 is 22.7 Å². The third-order valence-electron chi connectivity index (χ3n) is 3.07. The van der Waals surface area contributed by atoms with Crippen molar-refractivity contribution in [2.45, 2.75) is 51.9 Å². The van der Waals surface area contributed by atoms with Gasteiger partial charge in [0.1, 0.15) is 17.1 Å². The Bertz CT molecular complexity index is 453. The molecule has 1 fully saturated rings. The van der Waals surface area contributed by atoms with Crippen molar-refractivity contribution in [3.63, 3.8) is 0 Å². The topological polar surface area (TPSA) is 72.9 Å². The van der Waals surface area contributed by atoms with Crippen molar-refractivity contribution in [1.82, 2.24) is 4.90 Å². The van der Waals surface area contributed by atoms with Crippen molar-refractivity contribution in [1.29, 1.82) is 0 Å². The van der Waals surface area contributed by atoms with E-state index in [1.165, 1.54) is 4.90 Å². The molecule has 112 valence electrons. The van der Waals surface area contributed by atoms with Crippen LogP contribution in [0, 0.1) is 0 Å². The Labute approximate surface area is 115 Å². The molecule has 0 N–H and O–H groups in total. The fourth-order valence-corrected chi connectivity index (χ4v) is 2.26. The van der Waals surface area contributed by atoms with Crippen LogP contribution >= 0.6 is 0 Å². The number of sulfone groups is 1. The highest BCUT2D eigenvalue weighted by Gasteiger charge is 2.51. The molecule has 2 unspecified atom stereocenters. The molecule has 2 atom stereocenters. The van der Waals surface area contributed by atoms with Crippen molar-refractivity contribution in [3.8, 4) is 0 Å². The highest BCUT2D eigenvalue weighted by Crippen LogP contribution is 2.33. The van der Waals surface area contributed by atoms with Gasteiger partial charge in [0.05, 0.1) is 12.6 Å². The second kappa shape index (κ2) is 4.94. The summed E-state index contributed by atoms with van der Waals surface area (Å²) in [5.41, 5.74) is -1.18. The van der Waals surface area contributed by atoms with Crippen LogP contribution in [0.2, 0.25) is 0 Å². The largest absolute Gasteiger partial charge is 0.444 e. The number of ether oxygens (including phenoxy) is 2. The van der Waals surface area contributed by atoms with E-state index in [4.69, 9.17) is 9.47 Å². The number of carbonyl (C=O) groups excluding carboxylic acids is 1. The monoisotopic (exact) mass is 293 g/mol.